The molecule has 1 N–H and O–H groups in total. The van der Waals surface area contributed by atoms with Crippen molar-refractivity contribution < 1.29 is 4.39 Å². The topological polar surface area (TPSA) is 35.8 Å². The Morgan fingerprint density at radius 1 is 1.35 bits per heavy atom. The van der Waals surface area contributed by atoms with E-state index in [0.29, 0.717) is 4.47 Å². The van der Waals surface area contributed by atoms with Gasteiger partial charge in [0.1, 0.15) is 5.82 Å². The largest absolute Gasteiger partial charge is 0.380 e. The van der Waals surface area contributed by atoms with Crippen LogP contribution in [0, 0.1) is 23.1 Å². The van der Waals surface area contributed by atoms with Crippen molar-refractivity contribution in [3.8, 4) is 6.07 Å². The lowest BCUT2D eigenvalue weighted by molar-refractivity contribution is 0.388. The lowest BCUT2D eigenvalue weighted by Gasteiger charge is -2.28. The zero-order valence-electron chi connectivity index (χ0n) is 9.42. The summed E-state index contributed by atoms with van der Waals surface area (Å²) in [4.78, 5) is 0. The molecule has 1 fully saturated rings. The number of halogens is 2. The van der Waals surface area contributed by atoms with Gasteiger partial charge in [-0.25, -0.2) is 4.39 Å². The summed E-state index contributed by atoms with van der Waals surface area (Å²) >= 11 is 3.33. The summed E-state index contributed by atoms with van der Waals surface area (Å²) in [6.07, 6.45) is 4.23. The fourth-order valence-electron chi connectivity index (χ4n) is 2.26. The van der Waals surface area contributed by atoms with Gasteiger partial charge in [-0.3, -0.25) is 0 Å². The molecule has 1 aromatic rings. The summed E-state index contributed by atoms with van der Waals surface area (Å²) in [5.74, 6) is -0.205. The van der Waals surface area contributed by atoms with Gasteiger partial charge in [0, 0.05) is 16.2 Å². The van der Waals surface area contributed by atoms with Crippen molar-refractivity contribution in [2.75, 3.05) is 5.32 Å². The van der Waals surface area contributed by atoms with Crippen molar-refractivity contribution in [1.29, 1.82) is 5.26 Å². The standard InChI is InChI=1S/C13H14BrFN2/c14-11-7-10(15)5-6-13(11)17-12-4-2-1-3-9(12)8-16/h5-7,9,12,17H,1-4H2. The van der Waals surface area contributed by atoms with Crippen LogP contribution in [0.1, 0.15) is 25.7 Å². The van der Waals surface area contributed by atoms with Crippen molar-refractivity contribution in [3.63, 3.8) is 0 Å². The van der Waals surface area contributed by atoms with E-state index in [1.807, 2.05) is 0 Å². The van der Waals surface area contributed by atoms with Crippen LogP contribution in [0.25, 0.3) is 0 Å². The van der Waals surface area contributed by atoms with Crippen LogP contribution in [0.3, 0.4) is 0 Å². The molecule has 0 bridgehead atoms. The van der Waals surface area contributed by atoms with E-state index in [0.717, 1.165) is 31.4 Å². The number of nitrogens with zero attached hydrogens (tertiary/aromatic N) is 1. The third-order valence-electron chi connectivity index (χ3n) is 3.20. The summed E-state index contributed by atoms with van der Waals surface area (Å²) in [6.45, 7) is 0. The highest BCUT2D eigenvalue weighted by Gasteiger charge is 2.25. The predicted molar refractivity (Wildman–Crippen MR) is 69.1 cm³/mol. The molecule has 1 aliphatic carbocycles. The molecule has 2 rings (SSSR count). The molecule has 17 heavy (non-hydrogen) atoms. The molecule has 2 nitrogen and oxygen atoms in total. The summed E-state index contributed by atoms with van der Waals surface area (Å²) in [6, 6.07) is 7.11. The number of hydrogen-bond acceptors (Lipinski definition) is 2. The maximum absolute atomic E-state index is 13.0. The number of benzene rings is 1. The second-order valence-corrected chi connectivity index (χ2v) is 5.25. The van der Waals surface area contributed by atoms with Crippen LogP contribution >= 0.6 is 15.9 Å². The Hall–Kier alpha value is -1.08. The molecule has 1 aliphatic rings. The normalized spacial score (nSPS) is 24.1. The minimum absolute atomic E-state index is 0.0562. The second kappa shape index (κ2) is 5.50. The van der Waals surface area contributed by atoms with Gasteiger partial charge in [0.15, 0.2) is 0 Å². The van der Waals surface area contributed by atoms with Gasteiger partial charge in [-0.2, -0.15) is 5.26 Å². The highest BCUT2D eigenvalue weighted by molar-refractivity contribution is 9.10. The molecular formula is C13H14BrFN2. The average molecular weight is 297 g/mol. The Labute approximate surface area is 109 Å². The second-order valence-electron chi connectivity index (χ2n) is 4.40. The number of anilines is 1. The molecule has 0 amide bonds. The van der Waals surface area contributed by atoms with Gasteiger partial charge < -0.3 is 5.32 Å². The van der Waals surface area contributed by atoms with Crippen LogP contribution in [0.2, 0.25) is 0 Å². The van der Waals surface area contributed by atoms with E-state index in [2.05, 4.69) is 27.3 Å². The van der Waals surface area contributed by atoms with Crippen LogP contribution in [0.5, 0.6) is 0 Å². The van der Waals surface area contributed by atoms with Crippen LogP contribution in [0.15, 0.2) is 22.7 Å². The van der Waals surface area contributed by atoms with Gasteiger partial charge >= 0.3 is 0 Å². The molecule has 0 heterocycles. The SMILES string of the molecule is N#CC1CCCCC1Nc1ccc(F)cc1Br. The van der Waals surface area contributed by atoms with Crippen LogP contribution < -0.4 is 5.32 Å². The van der Waals surface area contributed by atoms with Gasteiger partial charge in [-0.15, -0.1) is 0 Å². The summed E-state index contributed by atoms with van der Waals surface area (Å²) in [5, 5.41) is 12.4. The quantitative estimate of drug-likeness (QED) is 0.892. The molecule has 0 aromatic heterocycles. The van der Waals surface area contributed by atoms with Crippen molar-refractivity contribution in [3.05, 3.63) is 28.5 Å². The number of hydrogen-bond donors (Lipinski definition) is 1. The van der Waals surface area contributed by atoms with E-state index in [-0.39, 0.29) is 17.8 Å². The zero-order valence-corrected chi connectivity index (χ0v) is 11.0. The van der Waals surface area contributed by atoms with Crippen molar-refractivity contribution in [1.82, 2.24) is 0 Å². The van der Waals surface area contributed by atoms with E-state index in [4.69, 9.17) is 5.26 Å². The van der Waals surface area contributed by atoms with E-state index < -0.39 is 0 Å². The minimum Gasteiger partial charge on any atom is -0.380 e. The van der Waals surface area contributed by atoms with Crippen molar-refractivity contribution in [2.24, 2.45) is 5.92 Å². The average Bonchev–Trinajstić information content (AvgIpc) is 2.33. The smallest absolute Gasteiger partial charge is 0.124 e. The molecule has 0 radical (unpaired) electrons. The number of rotatable bonds is 2. The van der Waals surface area contributed by atoms with E-state index >= 15 is 0 Å². The maximum atomic E-state index is 13.0. The first-order chi connectivity index (χ1) is 8.20. The van der Waals surface area contributed by atoms with E-state index in [1.165, 1.54) is 12.1 Å². The minimum atomic E-state index is -0.261. The molecule has 1 saturated carbocycles. The van der Waals surface area contributed by atoms with Crippen molar-refractivity contribution >= 4 is 21.6 Å². The first-order valence-electron chi connectivity index (χ1n) is 5.82. The Bertz CT molecular complexity index is 442. The summed E-state index contributed by atoms with van der Waals surface area (Å²) in [5.41, 5.74) is 0.860. The van der Waals surface area contributed by atoms with E-state index in [1.54, 1.807) is 6.07 Å². The van der Waals surface area contributed by atoms with Gasteiger partial charge in [0.25, 0.3) is 0 Å². The molecule has 2 atom stereocenters. The van der Waals surface area contributed by atoms with Gasteiger partial charge in [0.2, 0.25) is 0 Å². The lowest BCUT2D eigenvalue weighted by Crippen LogP contribution is -2.31. The molecule has 0 spiro atoms. The first kappa shape index (κ1) is 12.4. The van der Waals surface area contributed by atoms with Gasteiger partial charge in [-0.1, -0.05) is 12.8 Å². The first-order valence-corrected chi connectivity index (χ1v) is 6.61. The maximum Gasteiger partial charge on any atom is 0.124 e. The number of nitriles is 1. The molecule has 0 saturated heterocycles. The lowest BCUT2D eigenvalue weighted by atomic mass is 9.85. The van der Waals surface area contributed by atoms with Crippen LogP contribution in [0.4, 0.5) is 10.1 Å². The highest BCUT2D eigenvalue weighted by Crippen LogP contribution is 2.30. The fraction of sp³-hybridized carbons (Fsp3) is 0.462. The molecule has 2 unspecified atom stereocenters. The van der Waals surface area contributed by atoms with E-state index in [9.17, 15) is 4.39 Å². The molecule has 90 valence electrons. The Morgan fingerprint density at radius 2 is 2.12 bits per heavy atom. The zero-order chi connectivity index (χ0) is 12.3. The summed E-state index contributed by atoms with van der Waals surface area (Å²) < 4.78 is 13.7. The van der Waals surface area contributed by atoms with Crippen LogP contribution in [-0.2, 0) is 0 Å². The third kappa shape index (κ3) is 2.98. The summed E-state index contributed by atoms with van der Waals surface area (Å²) in [7, 11) is 0. The Kier molecular flexibility index (Phi) is 4.01. The Morgan fingerprint density at radius 3 is 2.82 bits per heavy atom. The third-order valence-corrected chi connectivity index (χ3v) is 3.86. The van der Waals surface area contributed by atoms with Gasteiger partial charge in [-0.05, 0) is 47.0 Å². The predicted octanol–water partition coefficient (Wildman–Crippen LogP) is 4.08. The number of nitrogens with one attached hydrogen (secondary N) is 1. The molecule has 0 aliphatic heterocycles. The Balaban J connectivity index is 2.11. The molecular weight excluding hydrogens is 283 g/mol. The molecule has 4 heteroatoms. The molecule has 1 aromatic carbocycles. The van der Waals surface area contributed by atoms with Crippen molar-refractivity contribution in [2.45, 2.75) is 31.7 Å². The fourth-order valence-corrected chi connectivity index (χ4v) is 2.73. The van der Waals surface area contributed by atoms with Crippen LogP contribution in [-0.4, -0.2) is 6.04 Å². The monoisotopic (exact) mass is 296 g/mol. The van der Waals surface area contributed by atoms with Gasteiger partial charge in [0.05, 0.1) is 12.0 Å². The highest BCUT2D eigenvalue weighted by atomic mass is 79.9.